The van der Waals surface area contributed by atoms with E-state index in [1.807, 2.05) is 0 Å². The molecule has 5 heteroatoms. The van der Waals surface area contributed by atoms with Gasteiger partial charge in [-0.3, -0.25) is 4.99 Å². The third-order valence-electron chi connectivity index (χ3n) is 4.63. The van der Waals surface area contributed by atoms with Crippen LogP contribution in [-0.2, 0) is 0 Å². The van der Waals surface area contributed by atoms with E-state index < -0.39 is 0 Å². The Bertz CT molecular complexity index is 450. The third-order valence-corrected chi connectivity index (χ3v) is 5.68. The first-order valence-electron chi connectivity index (χ1n) is 9.03. The first-order chi connectivity index (χ1) is 11.2. The molecule has 0 aliphatic carbocycles. The highest BCUT2D eigenvalue weighted by Crippen LogP contribution is 2.20. The van der Waals surface area contributed by atoms with E-state index in [4.69, 9.17) is 4.99 Å². The molecule has 2 heterocycles. The molecule has 2 N–H and O–H groups in total. The van der Waals surface area contributed by atoms with E-state index in [-0.39, 0.29) is 0 Å². The largest absolute Gasteiger partial charge is 0.357 e. The number of rotatable bonds is 7. The number of nitrogens with one attached hydrogen (secondary N) is 2. The molecule has 1 aliphatic heterocycles. The summed E-state index contributed by atoms with van der Waals surface area (Å²) in [5, 5.41) is 9.01. The average Bonchev–Trinajstić information content (AvgIpc) is 3.10. The number of guanidine groups is 1. The topological polar surface area (TPSA) is 39.7 Å². The molecule has 0 amide bonds. The lowest BCUT2D eigenvalue weighted by Gasteiger charge is -2.30. The summed E-state index contributed by atoms with van der Waals surface area (Å²) in [7, 11) is 0. The van der Waals surface area contributed by atoms with Gasteiger partial charge in [0.1, 0.15) is 0 Å². The number of hydrogen-bond acceptors (Lipinski definition) is 3. The molecule has 1 saturated heterocycles. The van der Waals surface area contributed by atoms with Crippen LogP contribution < -0.4 is 10.6 Å². The fourth-order valence-corrected chi connectivity index (χ4v) is 3.82. The zero-order valence-corrected chi connectivity index (χ0v) is 15.7. The van der Waals surface area contributed by atoms with Crippen LogP contribution in [0.1, 0.15) is 51.0 Å². The molecule has 0 radical (unpaired) electrons. The maximum Gasteiger partial charge on any atom is 0.191 e. The Labute approximate surface area is 145 Å². The summed E-state index contributed by atoms with van der Waals surface area (Å²) in [6.07, 6.45) is 3.87. The van der Waals surface area contributed by atoms with E-state index in [0.29, 0.717) is 6.04 Å². The molecule has 130 valence electrons. The van der Waals surface area contributed by atoms with Gasteiger partial charge in [0.05, 0.1) is 6.04 Å². The Balaban J connectivity index is 1.77. The molecule has 1 unspecified atom stereocenters. The molecular weight excluding hydrogens is 304 g/mol. The van der Waals surface area contributed by atoms with Gasteiger partial charge >= 0.3 is 0 Å². The van der Waals surface area contributed by atoms with Crippen molar-refractivity contribution in [3.8, 4) is 0 Å². The third kappa shape index (κ3) is 6.15. The number of piperidine rings is 1. The molecule has 0 saturated carbocycles. The lowest BCUT2D eigenvalue weighted by atomic mass is 9.94. The summed E-state index contributed by atoms with van der Waals surface area (Å²) in [5.41, 5.74) is 0. The van der Waals surface area contributed by atoms with E-state index in [1.165, 1.54) is 43.8 Å². The zero-order chi connectivity index (χ0) is 16.5. The lowest BCUT2D eigenvalue weighted by molar-refractivity contribution is 0.188. The van der Waals surface area contributed by atoms with Gasteiger partial charge < -0.3 is 15.5 Å². The van der Waals surface area contributed by atoms with E-state index in [0.717, 1.165) is 25.0 Å². The zero-order valence-electron chi connectivity index (χ0n) is 14.8. The van der Waals surface area contributed by atoms with Gasteiger partial charge in [-0.05, 0) is 70.1 Å². The number of aliphatic imine (C=N–C) groups is 1. The Morgan fingerprint density at radius 2 is 2.17 bits per heavy atom. The summed E-state index contributed by atoms with van der Waals surface area (Å²) in [5.74, 6) is 1.79. The van der Waals surface area contributed by atoms with Gasteiger partial charge in [-0.1, -0.05) is 13.0 Å². The van der Waals surface area contributed by atoms with Crippen molar-refractivity contribution in [1.29, 1.82) is 0 Å². The predicted octanol–water partition coefficient (Wildman–Crippen LogP) is 3.49. The first kappa shape index (κ1) is 18.3. The van der Waals surface area contributed by atoms with Gasteiger partial charge in [-0.15, -0.1) is 11.3 Å². The van der Waals surface area contributed by atoms with E-state index >= 15 is 0 Å². The minimum Gasteiger partial charge on any atom is -0.357 e. The monoisotopic (exact) mass is 336 g/mol. The summed E-state index contributed by atoms with van der Waals surface area (Å²) in [6, 6.07) is 4.58. The van der Waals surface area contributed by atoms with Crippen LogP contribution in [0, 0.1) is 5.92 Å². The summed E-state index contributed by atoms with van der Waals surface area (Å²) in [6.45, 7) is 12.1. The molecule has 1 atom stereocenters. The maximum atomic E-state index is 4.78. The minimum atomic E-state index is 0.306. The van der Waals surface area contributed by atoms with Crippen molar-refractivity contribution in [2.24, 2.45) is 10.9 Å². The highest BCUT2D eigenvalue weighted by Gasteiger charge is 2.17. The summed E-state index contributed by atoms with van der Waals surface area (Å²) in [4.78, 5) is 8.68. The van der Waals surface area contributed by atoms with E-state index in [1.54, 1.807) is 11.3 Å². The lowest BCUT2D eigenvalue weighted by Crippen LogP contribution is -2.38. The van der Waals surface area contributed by atoms with Crippen molar-refractivity contribution in [2.75, 3.05) is 32.7 Å². The Kier molecular flexibility index (Phi) is 7.89. The fraction of sp³-hybridized carbons (Fsp3) is 0.722. The van der Waals surface area contributed by atoms with Crippen LogP contribution in [0.4, 0.5) is 0 Å². The molecule has 1 fully saturated rings. The van der Waals surface area contributed by atoms with E-state index in [9.17, 15) is 0 Å². The van der Waals surface area contributed by atoms with Crippen molar-refractivity contribution in [2.45, 2.75) is 46.1 Å². The van der Waals surface area contributed by atoms with Crippen LogP contribution >= 0.6 is 11.3 Å². The number of likely N-dealkylation sites (tertiary alicyclic amines) is 1. The van der Waals surface area contributed by atoms with Gasteiger partial charge in [0, 0.05) is 18.0 Å². The smallest absolute Gasteiger partial charge is 0.191 e. The van der Waals surface area contributed by atoms with E-state index in [2.05, 4.69) is 53.8 Å². The number of hydrogen-bond donors (Lipinski definition) is 2. The standard InChI is InChI=1S/C18H32N4S/c1-4-19-18(21-15(3)17-7-6-14-23-17)20-11-8-16-9-12-22(5-2)13-10-16/h6-7,14-16H,4-5,8-13H2,1-3H3,(H2,19,20,21). The molecular formula is C18H32N4S. The molecule has 0 aromatic carbocycles. The summed E-state index contributed by atoms with van der Waals surface area (Å²) < 4.78 is 0. The normalized spacial score (nSPS) is 18.8. The fourth-order valence-electron chi connectivity index (χ4n) is 3.08. The molecule has 0 bridgehead atoms. The van der Waals surface area contributed by atoms with Gasteiger partial charge in [0.15, 0.2) is 5.96 Å². The molecule has 4 nitrogen and oxygen atoms in total. The summed E-state index contributed by atoms with van der Waals surface area (Å²) >= 11 is 1.79. The first-order valence-corrected chi connectivity index (χ1v) is 9.91. The SMILES string of the molecule is CCNC(=NCCC1CCN(CC)CC1)NC(C)c1cccs1. The molecule has 1 aliphatic rings. The number of nitrogens with zero attached hydrogens (tertiary/aromatic N) is 2. The Morgan fingerprint density at radius 1 is 1.39 bits per heavy atom. The van der Waals surface area contributed by atoms with Crippen molar-refractivity contribution in [3.05, 3.63) is 22.4 Å². The molecule has 23 heavy (non-hydrogen) atoms. The highest BCUT2D eigenvalue weighted by atomic mass is 32.1. The molecule has 1 aromatic heterocycles. The predicted molar refractivity (Wildman–Crippen MR) is 101 cm³/mol. The van der Waals surface area contributed by atoms with Crippen molar-refractivity contribution in [1.82, 2.24) is 15.5 Å². The second-order valence-electron chi connectivity index (χ2n) is 6.31. The van der Waals surface area contributed by atoms with Gasteiger partial charge in [0.2, 0.25) is 0 Å². The van der Waals surface area contributed by atoms with Gasteiger partial charge in [-0.25, -0.2) is 0 Å². The minimum absolute atomic E-state index is 0.306. The van der Waals surface area contributed by atoms with Crippen LogP contribution in [0.5, 0.6) is 0 Å². The maximum absolute atomic E-state index is 4.78. The second kappa shape index (κ2) is 9.93. The average molecular weight is 337 g/mol. The van der Waals surface area contributed by atoms with Crippen LogP contribution in [0.2, 0.25) is 0 Å². The molecule has 0 spiro atoms. The Morgan fingerprint density at radius 3 is 2.78 bits per heavy atom. The molecule has 2 rings (SSSR count). The quantitative estimate of drug-likeness (QED) is 0.591. The van der Waals surface area contributed by atoms with Crippen LogP contribution in [0.25, 0.3) is 0 Å². The molecule has 1 aromatic rings. The number of thiophene rings is 1. The van der Waals surface area contributed by atoms with Crippen LogP contribution in [0.3, 0.4) is 0 Å². The van der Waals surface area contributed by atoms with Crippen molar-refractivity contribution >= 4 is 17.3 Å². The highest BCUT2D eigenvalue weighted by molar-refractivity contribution is 7.10. The van der Waals surface area contributed by atoms with Crippen LogP contribution in [0.15, 0.2) is 22.5 Å². The van der Waals surface area contributed by atoms with Crippen molar-refractivity contribution in [3.63, 3.8) is 0 Å². The van der Waals surface area contributed by atoms with Gasteiger partial charge in [-0.2, -0.15) is 0 Å². The van der Waals surface area contributed by atoms with Gasteiger partial charge in [0.25, 0.3) is 0 Å². The second-order valence-corrected chi connectivity index (χ2v) is 7.29. The van der Waals surface area contributed by atoms with Crippen molar-refractivity contribution < 1.29 is 0 Å². The Hall–Kier alpha value is -1.07. The van der Waals surface area contributed by atoms with Crippen LogP contribution in [-0.4, -0.2) is 43.6 Å².